The predicted molar refractivity (Wildman–Crippen MR) is 147 cm³/mol. The van der Waals surface area contributed by atoms with Gasteiger partial charge in [0.25, 0.3) is 0 Å². The number of aromatic amines is 1. The van der Waals surface area contributed by atoms with Gasteiger partial charge in [0, 0.05) is 28.6 Å². The molecule has 3 nitrogen and oxygen atoms in total. The lowest BCUT2D eigenvalue weighted by molar-refractivity contribution is -0.149. The van der Waals surface area contributed by atoms with Crippen molar-refractivity contribution in [2.45, 2.75) is 96.9 Å². The van der Waals surface area contributed by atoms with Gasteiger partial charge in [-0.3, -0.25) is 0 Å². The molecule has 0 aliphatic heterocycles. The van der Waals surface area contributed by atoms with Gasteiger partial charge in [-0.2, -0.15) is 0 Å². The van der Waals surface area contributed by atoms with Gasteiger partial charge in [-0.05, 0) is 78.6 Å². The average molecular weight is 482 g/mol. The summed E-state index contributed by atoms with van der Waals surface area (Å²) in [7, 11) is -1.73. The fourth-order valence-electron chi connectivity index (χ4n) is 8.12. The van der Waals surface area contributed by atoms with Crippen LogP contribution in [0.25, 0.3) is 10.9 Å². The summed E-state index contributed by atoms with van der Waals surface area (Å²) in [4.78, 5) is 3.79. The van der Waals surface area contributed by atoms with Gasteiger partial charge in [-0.1, -0.05) is 65.8 Å². The lowest BCUT2D eigenvalue weighted by Crippen LogP contribution is -2.64. The minimum absolute atomic E-state index is 0.0389. The lowest BCUT2D eigenvalue weighted by Gasteiger charge is -2.66. The Hall–Kier alpha value is -1.36. The molecular formula is C30H47NO2Si. The summed E-state index contributed by atoms with van der Waals surface area (Å²) < 4.78 is 7.21. The quantitative estimate of drug-likeness (QED) is 0.298. The Bertz CT molecular complexity index is 971. The molecule has 0 bridgehead atoms. The second-order valence-electron chi connectivity index (χ2n) is 11.9. The van der Waals surface area contributed by atoms with E-state index >= 15 is 0 Å². The number of H-pyrrole nitrogens is 1. The van der Waals surface area contributed by atoms with E-state index in [0.29, 0.717) is 5.92 Å². The number of nitrogens with one attached hydrogen (secondary N) is 1. The summed E-state index contributed by atoms with van der Waals surface area (Å²) in [6.07, 6.45) is 6.83. The van der Waals surface area contributed by atoms with E-state index in [2.05, 4.69) is 89.5 Å². The smallest absolute Gasteiger partial charge is 0.192 e. The second-order valence-corrected chi connectivity index (χ2v) is 16.6. The number of para-hydroxylation sites is 1. The van der Waals surface area contributed by atoms with E-state index in [1.807, 2.05) is 0 Å². The zero-order valence-corrected chi connectivity index (χ0v) is 23.4. The molecule has 6 atom stereocenters. The summed E-state index contributed by atoms with van der Waals surface area (Å²) >= 11 is 0. The van der Waals surface area contributed by atoms with E-state index in [9.17, 15) is 5.11 Å². The van der Waals surface area contributed by atoms with Crippen LogP contribution in [0.2, 0.25) is 18.1 Å². The molecule has 2 fully saturated rings. The molecule has 2 saturated carbocycles. The molecule has 1 heterocycles. The first-order chi connectivity index (χ1) is 16.2. The van der Waals surface area contributed by atoms with Crippen molar-refractivity contribution in [1.82, 2.24) is 4.98 Å². The first-order valence-corrected chi connectivity index (χ1v) is 16.2. The summed E-state index contributed by atoms with van der Waals surface area (Å²) in [6, 6.07) is 14.5. The Kier molecular flexibility index (Phi) is 7.00. The first kappa shape index (κ1) is 25.7. The van der Waals surface area contributed by atoms with Crippen molar-refractivity contribution in [3.63, 3.8) is 0 Å². The minimum atomic E-state index is -1.73. The molecule has 0 saturated heterocycles. The fraction of sp³-hybridized carbons (Fsp3) is 0.667. The van der Waals surface area contributed by atoms with E-state index in [-0.39, 0.29) is 34.9 Å². The molecule has 1 aromatic heterocycles. The highest BCUT2D eigenvalue weighted by atomic mass is 28.4. The van der Waals surface area contributed by atoms with Gasteiger partial charge in [-0.25, -0.2) is 0 Å². The van der Waals surface area contributed by atoms with Crippen LogP contribution in [0, 0.1) is 22.7 Å². The average Bonchev–Trinajstić information content (AvgIpc) is 3.30. The van der Waals surface area contributed by atoms with Crippen LogP contribution in [0.15, 0.2) is 43.0 Å². The highest BCUT2D eigenvalue weighted by Gasteiger charge is 2.64. The number of aliphatic hydroxyl groups is 1. The monoisotopic (exact) mass is 481 g/mol. The summed E-state index contributed by atoms with van der Waals surface area (Å²) in [5, 5.41) is 11.9. The highest BCUT2D eigenvalue weighted by molar-refractivity contribution is 6.73. The number of aliphatic hydroxyl groups excluding tert-OH is 1. The first-order valence-electron chi connectivity index (χ1n) is 13.7. The number of aromatic nitrogens is 1. The Morgan fingerprint density at radius 1 is 1.09 bits per heavy atom. The third-order valence-electron chi connectivity index (χ3n) is 11.0. The Balaban J connectivity index is 1.80. The molecule has 4 heteroatoms. The van der Waals surface area contributed by atoms with Crippen LogP contribution in [0.4, 0.5) is 0 Å². The van der Waals surface area contributed by atoms with Crippen LogP contribution in [-0.4, -0.2) is 31.1 Å². The van der Waals surface area contributed by atoms with Crippen molar-refractivity contribution in [1.29, 1.82) is 0 Å². The molecule has 188 valence electrons. The van der Waals surface area contributed by atoms with Crippen LogP contribution in [-0.2, 0) is 9.84 Å². The number of benzene rings is 1. The van der Waals surface area contributed by atoms with Gasteiger partial charge in [0.05, 0.1) is 6.10 Å². The van der Waals surface area contributed by atoms with E-state index in [4.69, 9.17) is 4.43 Å². The second kappa shape index (κ2) is 9.26. The van der Waals surface area contributed by atoms with Gasteiger partial charge in [0.15, 0.2) is 8.32 Å². The van der Waals surface area contributed by atoms with E-state index in [0.717, 1.165) is 25.7 Å². The maximum absolute atomic E-state index is 10.6. The molecule has 0 spiro atoms. The number of fused-ring (bicyclic) bond motifs is 2. The van der Waals surface area contributed by atoms with Gasteiger partial charge >= 0.3 is 0 Å². The lowest BCUT2D eigenvalue weighted by atomic mass is 9.40. The van der Waals surface area contributed by atoms with E-state index in [1.54, 1.807) is 0 Å². The van der Waals surface area contributed by atoms with Crippen molar-refractivity contribution in [2.75, 3.05) is 6.61 Å². The molecule has 2 aromatic rings. The summed E-state index contributed by atoms with van der Waals surface area (Å²) in [6.45, 7) is 19.0. The van der Waals surface area contributed by atoms with Gasteiger partial charge in [0.2, 0.25) is 0 Å². The van der Waals surface area contributed by atoms with Crippen molar-refractivity contribution >= 4 is 19.2 Å². The third kappa shape index (κ3) is 3.59. The predicted octanol–water partition coefficient (Wildman–Crippen LogP) is 7.83. The van der Waals surface area contributed by atoms with Crippen LogP contribution < -0.4 is 0 Å². The molecule has 0 amide bonds. The van der Waals surface area contributed by atoms with Gasteiger partial charge in [0.1, 0.15) is 0 Å². The largest absolute Gasteiger partial charge is 0.413 e. The van der Waals surface area contributed by atoms with E-state index in [1.165, 1.54) is 34.7 Å². The number of rotatable bonds is 8. The van der Waals surface area contributed by atoms with Crippen LogP contribution in [0.1, 0.15) is 72.9 Å². The van der Waals surface area contributed by atoms with Crippen molar-refractivity contribution in [3.8, 4) is 0 Å². The summed E-state index contributed by atoms with van der Waals surface area (Å²) in [5.74, 6) is 0.705. The Morgan fingerprint density at radius 2 is 1.76 bits per heavy atom. The molecule has 4 rings (SSSR count). The molecule has 0 radical (unpaired) electrons. The highest BCUT2D eigenvalue weighted by Crippen LogP contribution is 2.67. The zero-order chi connectivity index (χ0) is 24.8. The van der Waals surface area contributed by atoms with Crippen molar-refractivity contribution in [2.24, 2.45) is 22.7 Å². The van der Waals surface area contributed by atoms with E-state index < -0.39 is 8.32 Å². The molecular weight excluding hydrogens is 434 g/mol. The summed E-state index contributed by atoms with van der Waals surface area (Å²) in [5.41, 5.74) is 2.29. The molecule has 34 heavy (non-hydrogen) atoms. The molecule has 1 aromatic carbocycles. The van der Waals surface area contributed by atoms with Gasteiger partial charge < -0.3 is 14.5 Å². The maximum atomic E-state index is 10.6. The zero-order valence-electron chi connectivity index (χ0n) is 22.4. The minimum Gasteiger partial charge on any atom is -0.413 e. The fourth-order valence-corrected chi connectivity index (χ4v) is 11.1. The standard InChI is InChI=1S/C30H47NO2Si/c1-8-28(5)25-17-16-23(21-32)30(7,26-20-22-14-12-13-15-24(22)31-26)29(25,6)19-18-27(28)33-34(9-2,10-3)11-4/h8,12-15,20,23,25,27,31-32H,1,9-11,16-19,21H2,2-7H3/t23-,25-,27-,28-,29-,30+/m0/s1. The normalized spacial score (nSPS) is 36.4. The van der Waals surface area contributed by atoms with Gasteiger partial charge in [-0.15, -0.1) is 6.58 Å². The topological polar surface area (TPSA) is 45.2 Å². The number of hydrogen-bond donors (Lipinski definition) is 2. The Labute approximate surface area is 208 Å². The number of hydrogen-bond acceptors (Lipinski definition) is 2. The molecule has 2 aliphatic rings. The van der Waals surface area contributed by atoms with Crippen LogP contribution in [0.3, 0.4) is 0 Å². The third-order valence-corrected chi connectivity index (χ3v) is 15.7. The van der Waals surface area contributed by atoms with Crippen molar-refractivity contribution in [3.05, 3.63) is 48.7 Å². The molecule has 0 unspecified atom stereocenters. The SMILES string of the molecule is C=C[C@]1(C)[C@@H](O[Si](CC)(CC)CC)CC[C@@]2(C)[C@H]1CC[C@@H](CO)[C@]2(C)c1cc2ccccc2[nH]1. The van der Waals surface area contributed by atoms with Crippen LogP contribution >= 0.6 is 0 Å². The van der Waals surface area contributed by atoms with Crippen molar-refractivity contribution < 1.29 is 9.53 Å². The van der Waals surface area contributed by atoms with Crippen LogP contribution in [0.5, 0.6) is 0 Å². The molecule has 2 aliphatic carbocycles. The maximum Gasteiger partial charge on any atom is 0.192 e. The molecule has 2 N–H and O–H groups in total. The Morgan fingerprint density at radius 3 is 2.35 bits per heavy atom.